The maximum absolute atomic E-state index is 11.9. The summed E-state index contributed by atoms with van der Waals surface area (Å²) in [6.07, 6.45) is -0.114. The number of carbonyl (C=O) groups is 2. The molecule has 6 heteroatoms. The maximum Gasteiger partial charge on any atom is 0.240 e. The Morgan fingerprint density at radius 2 is 2.12 bits per heavy atom. The first-order valence-electron chi connectivity index (χ1n) is 5.28. The van der Waals surface area contributed by atoms with Crippen molar-refractivity contribution in [2.45, 2.75) is 31.9 Å². The molecule has 1 aliphatic heterocycles. The molecular formula is C10H19N3O3. The molecule has 0 bridgehead atoms. The van der Waals surface area contributed by atoms with Crippen molar-refractivity contribution in [3.63, 3.8) is 0 Å². The summed E-state index contributed by atoms with van der Waals surface area (Å²) in [5.74, 6) is -0.802. The van der Waals surface area contributed by atoms with Gasteiger partial charge in [0.1, 0.15) is 0 Å². The summed E-state index contributed by atoms with van der Waals surface area (Å²) in [6, 6.07) is -0.841. The van der Waals surface area contributed by atoms with Gasteiger partial charge < -0.3 is 21.1 Å². The molecule has 1 rings (SSSR count). The van der Waals surface area contributed by atoms with Gasteiger partial charge >= 0.3 is 0 Å². The normalized spacial score (nSPS) is 21.6. The van der Waals surface area contributed by atoms with E-state index in [1.54, 1.807) is 4.90 Å². The summed E-state index contributed by atoms with van der Waals surface area (Å²) in [7, 11) is 0. The van der Waals surface area contributed by atoms with Crippen molar-refractivity contribution in [3.8, 4) is 0 Å². The highest BCUT2D eigenvalue weighted by Crippen LogP contribution is 2.17. The quantitative estimate of drug-likeness (QED) is 0.636. The van der Waals surface area contributed by atoms with Gasteiger partial charge in [-0.3, -0.25) is 9.59 Å². The molecular weight excluding hydrogens is 210 g/mol. The van der Waals surface area contributed by atoms with Crippen molar-refractivity contribution in [2.24, 2.45) is 11.5 Å². The lowest BCUT2D eigenvalue weighted by Gasteiger charge is -2.39. The fraction of sp³-hybridized carbons (Fsp3) is 0.800. The zero-order valence-corrected chi connectivity index (χ0v) is 9.73. The number of ether oxygens (including phenoxy) is 1. The van der Waals surface area contributed by atoms with E-state index in [9.17, 15) is 9.59 Å². The van der Waals surface area contributed by atoms with Gasteiger partial charge in [-0.05, 0) is 13.8 Å². The molecule has 0 aromatic rings. The summed E-state index contributed by atoms with van der Waals surface area (Å²) in [6.45, 7) is 5.30. The van der Waals surface area contributed by atoms with Crippen molar-refractivity contribution in [2.75, 3.05) is 19.7 Å². The first-order chi connectivity index (χ1) is 7.32. The van der Waals surface area contributed by atoms with Crippen LogP contribution in [0.2, 0.25) is 0 Å². The van der Waals surface area contributed by atoms with Gasteiger partial charge in [0.15, 0.2) is 0 Å². The van der Waals surface area contributed by atoms with Crippen LogP contribution in [0.4, 0.5) is 0 Å². The highest BCUT2D eigenvalue weighted by atomic mass is 16.5. The van der Waals surface area contributed by atoms with Crippen molar-refractivity contribution >= 4 is 11.8 Å². The Hall–Kier alpha value is -1.14. The molecule has 1 atom stereocenters. The van der Waals surface area contributed by atoms with E-state index in [0.29, 0.717) is 19.7 Å². The van der Waals surface area contributed by atoms with E-state index in [4.69, 9.17) is 16.2 Å². The number of carbonyl (C=O) groups excluding carboxylic acids is 2. The third-order valence-corrected chi connectivity index (χ3v) is 2.48. The van der Waals surface area contributed by atoms with Crippen LogP contribution in [-0.4, -0.2) is 48.1 Å². The minimum Gasteiger partial charge on any atom is -0.372 e. The van der Waals surface area contributed by atoms with E-state index in [2.05, 4.69) is 0 Å². The number of primary amides is 1. The SMILES string of the molecule is CC1(C)CN(C(=O)C(N)CC(N)=O)CCO1. The second-order valence-electron chi connectivity index (χ2n) is 4.64. The van der Waals surface area contributed by atoms with Gasteiger partial charge in [0, 0.05) is 13.1 Å². The predicted molar refractivity (Wildman–Crippen MR) is 58.4 cm³/mol. The second-order valence-corrected chi connectivity index (χ2v) is 4.64. The molecule has 6 nitrogen and oxygen atoms in total. The Morgan fingerprint density at radius 3 is 2.62 bits per heavy atom. The molecule has 0 aliphatic carbocycles. The largest absolute Gasteiger partial charge is 0.372 e. The Kier molecular flexibility index (Phi) is 3.88. The Morgan fingerprint density at radius 1 is 1.50 bits per heavy atom. The molecule has 4 N–H and O–H groups in total. The van der Waals surface area contributed by atoms with Crippen molar-refractivity contribution in [3.05, 3.63) is 0 Å². The maximum atomic E-state index is 11.9. The van der Waals surface area contributed by atoms with Gasteiger partial charge in [0.25, 0.3) is 0 Å². The molecule has 1 heterocycles. The molecule has 0 aromatic carbocycles. The van der Waals surface area contributed by atoms with Crippen LogP contribution < -0.4 is 11.5 Å². The molecule has 0 spiro atoms. The lowest BCUT2D eigenvalue weighted by Crippen LogP contribution is -2.55. The number of nitrogens with zero attached hydrogens (tertiary/aromatic N) is 1. The zero-order chi connectivity index (χ0) is 12.3. The average Bonchev–Trinajstić information content (AvgIpc) is 2.13. The van der Waals surface area contributed by atoms with Gasteiger partial charge in [-0.15, -0.1) is 0 Å². The molecule has 1 unspecified atom stereocenters. The first kappa shape index (κ1) is 12.9. The van der Waals surface area contributed by atoms with E-state index in [-0.39, 0.29) is 17.9 Å². The van der Waals surface area contributed by atoms with Crippen LogP contribution in [-0.2, 0) is 14.3 Å². The third-order valence-electron chi connectivity index (χ3n) is 2.48. The molecule has 1 fully saturated rings. The lowest BCUT2D eigenvalue weighted by atomic mass is 10.1. The average molecular weight is 229 g/mol. The molecule has 1 aliphatic rings. The topological polar surface area (TPSA) is 98.6 Å². The fourth-order valence-corrected chi connectivity index (χ4v) is 1.74. The number of nitrogens with two attached hydrogens (primary N) is 2. The number of rotatable bonds is 3. The van der Waals surface area contributed by atoms with Crippen LogP contribution in [0.3, 0.4) is 0 Å². The van der Waals surface area contributed by atoms with Crippen LogP contribution in [0.25, 0.3) is 0 Å². The summed E-state index contributed by atoms with van der Waals surface area (Å²) in [5.41, 5.74) is 10.2. The van der Waals surface area contributed by atoms with Gasteiger partial charge in [-0.2, -0.15) is 0 Å². The summed E-state index contributed by atoms with van der Waals surface area (Å²) in [5, 5.41) is 0. The van der Waals surface area contributed by atoms with Gasteiger partial charge in [0.05, 0.1) is 24.7 Å². The predicted octanol–water partition coefficient (Wildman–Crippen LogP) is -1.17. The van der Waals surface area contributed by atoms with Gasteiger partial charge in [-0.25, -0.2) is 0 Å². The van der Waals surface area contributed by atoms with Gasteiger partial charge in [-0.1, -0.05) is 0 Å². The molecule has 0 saturated carbocycles. The van der Waals surface area contributed by atoms with Crippen LogP contribution in [0.5, 0.6) is 0 Å². The van der Waals surface area contributed by atoms with E-state index in [0.717, 1.165) is 0 Å². The fourth-order valence-electron chi connectivity index (χ4n) is 1.74. The van der Waals surface area contributed by atoms with E-state index in [1.807, 2.05) is 13.8 Å². The molecule has 0 radical (unpaired) electrons. The third kappa shape index (κ3) is 3.46. The Labute approximate surface area is 94.9 Å². The molecule has 2 amide bonds. The zero-order valence-electron chi connectivity index (χ0n) is 9.73. The van der Waals surface area contributed by atoms with E-state index < -0.39 is 11.9 Å². The van der Waals surface area contributed by atoms with E-state index >= 15 is 0 Å². The van der Waals surface area contributed by atoms with Crippen LogP contribution in [0.1, 0.15) is 20.3 Å². The number of morpholine rings is 1. The number of amides is 2. The van der Waals surface area contributed by atoms with Gasteiger partial charge in [0.2, 0.25) is 11.8 Å². The molecule has 0 aromatic heterocycles. The highest BCUT2D eigenvalue weighted by Gasteiger charge is 2.32. The van der Waals surface area contributed by atoms with Crippen LogP contribution in [0, 0.1) is 0 Å². The molecule has 1 saturated heterocycles. The minimum absolute atomic E-state index is 0.114. The van der Waals surface area contributed by atoms with Crippen molar-refractivity contribution in [1.82, 2.24) is 4.90 Å². The lowest BCUT2D eigenvalue weighted by molar-refractivity contribution is -0.148. The first-order valence-corrected chi connectivity index (χ1v) is 5.28. The standard InChI is InChI=1S/C10H19N3O3/c1-10(2)6-13(3-4-16-10)9(15)7(11)5-8(12)14/h7H,3-6,11H2,1-2H3,(H2,12,14). The highest BCUT2D eigenvalue weighted by molar-refractivity contribution is 5.87. The summed E-state index contributed by atoms with van der Waals surface area (Å²) in [4.78, 5) is 24.2. The Bertz CT molecular complexity index is 291. The smallest absolute Gasteiger partial charge is 0.240 e. The summed E-state index contributed by atoms with van der Waals surface area (Å²) >= 11 is 0. The molecule has 92 valence electrons. The molecule has 16 heavy (non-hydrogen) atoms. The van der Waals surface area contributed by atoms with Crippen molar-refractivity contribution in [1.29, 1.82) is 0 Å². The monoisotopic (exact) mass is 229 g/mol. The second kappa shape index (κ2) is 4.80. The van der Waals surface area contributed by atoms with E-state index in [1.165, 1.54) is 0 Å². The van der Waals surface area contributed by atoms with Crippen LogP contribution in [0.15, 0.2) is 0 Å². The van der Waals surface area contributed by atoms with Crippen molar-refractivity contribution < 1.29 is 14.3 Å². The number of hydrogen-bond acceptors (Lipinski definition) is 4. The minimum atomic E-state index is -0.841. The summed E-state index contributed by atoms with van der Waals surface area (Å²) < 4.78 is 5.48. The Balaban J connectivity index is 2.56. The number of hydrogen-bond donors (Lipinski definition) is 2. The van der Waals surface area contributed by atoms with Crippen LogP contribution >= 0.6 is 0 Å².